The van der Waals surface area contributed by atoms with Crippen molar-refractivity contribution in [1.82, 2.24) is 20.4 Å². The third-order valence-electron chi connectivity index (χ3n) is 5.08. The van der Waals surface area contributed by atoms with Gasteiger partial charge in [0.25, 0.3) is 5.91 Å². The highest BCUT2D eigenvalue weighted by atomic mass is 32.1. The second-order valence-corrected chi connectivity index (χ2v) is 8.09. The Morgan fingerprint density at radius 1 is 1.41 bits per heavy atom. The molecule has 0 aliphatic carbocycles. The van der Waals surface area contributed by atoms with Gasteiger partial charge in [-0.2, -0.15) is 5.10 Å². The Kier molecular flexibility index (Phi) is 5.22. The molecule has 5 nitrogen and oxygen atoms in total. The van der Waals surface area contributed by atoms with Gasteiger partial charge in [-0.05, 0) is 75.5 Å². The lowest BCUT2D eigenvalue weighted by Crippen LogP contribution is -2.33. The molecule has 3 aromatic rings. The van der Waals surface area contributed by atoms with Crippen LogP contribution in [-0.2, 0) is 0 Å². The number of piperidine rings is 1. The summed E-state index contributed by atoms with van der Waals surface area (Å²) in [6, 6.07) is 8.12. The Bertz CT molecular complexity index is 941. The maximum absolute atomic E-state index is 13.2. The Labute approximate surface area is 161 Å². The van der Waals surface area contributed by atoms with Crippen molar-refractivity contribution in [3.05, 3.63) is 46.7 Å². The van der Waals surface area contributed by atoms with Gasteiger partial charge in [0.15, 0.2) is 0 Å². The van der Waals surface area contributed by atoms with E-state index >= 15 is 0 Å². The van der Waals surface area contributed by atoms with Crippen LogP contribution < -0.4 is 10.6 Å². The highest BCUT2D eigenvalue weighted by Crippen LogP contribution is 2.30. The van der Waals surface area contributed by atoms with E-state index in [1.807, 2.05) is 13.0 Å². The summed E-state index contributed by atoms with van der Waals surface area (Å²) < 4.78 is 15.0. The molecule has 1 aliphatic rings. The molecule has 2 aromatic heterocycles. The van der Waals surface area contributed by atoms with Gasteiger partial charge in [-0.3, -0.25) is 4.79 Å². The number of thiophene rings is 1. The molecular weight excluding hydrogens is 363 g/mol. The predicted octanol–water partition coefficient (Wildman–Crippen LogP) is 3.65. The molecule has 1 unspecified atom stereocenters. The van der Waals surface area contributed by atoms with E-state index in [0.717, 1.165) is 41.1 Å². The number of aryl methyl sites for hydroxylation is 1. The standard InChI is InChI=1S/C20H23FN4OS/c1-13-17-11-18(19(26)23-10-8-14-3-2-9-22-12-14)27-20(17)25(24-13)16-6-4-15(21)5-7-16/h4-7,11,14,22H,2-3,8-10,12H2,1H3,(H,23,26). The summed E-state index contributed by atoms with van der Waals surface area (Å²) in [5, 5.41) is 12.0. The van der Waals surface area contributed by atoms with Gasteiger partial charge in [0.05, 0.1) is 16.3 Å². The lowest BCUT2D eigenvalue weighted by atomic mass is 9.96. The molecule has 0 radical (unpaired) electrons. The fourth-order valence-corrected chi connectivity index (χ4v) is 4.66. The van der Waals surface area contributed by atoms with E-state index in [0.29, 0.717) is 17.3 Å². The first-order valence-corrected chi connectivity index (χ1v) is 10.2. The Hall–Kier alpha value is -2.25. The lowest BCUT2D eigenvalue weighted by Gasteiger charge is -2.22. The van der Waals surface area contributed by atoms with Crippen LogP contribution in [0.15, 0.2) is 30.3 Å². The van der Waals surface area contributed by atoms with Gasteiger partial charge in [-0.25, -0.2) is 9.07 Å². The molecule has 1 aromatic carbocycles. The second kappa shape index (κ2) is 7.78. The molecule has 0 bridgehead atoms. The van der Waals surface area contributed by atoms with Gasteiger partial charge in [0, 0.05) is 11.9 Å². The summed E-state index contributed by atoms with van der Waals surface area (Å²) >= 11 is 1.42. The van der Waals surface area contributed by atoms with E-state index in [1.54, 1.807) is 16.8 Å². The summed E-state index contributed by atoms with van der Waals surface area (Å²) in [4.78, 5) is 14.1. The van der Waals surface area contributed by atoms with Crippen LogP contribution in [-0.4, -0.2) is 35.3 Å². The van der Waals surface area contributed by atoms with Crippen LogP contribution in [0.1, 0.15) is 34.6 Å². The van der Waals surface area contributed by atoms with Crippen LogP contribution in [0.4, 0.5) is 4.39 Å². The minimum atomic E-state index is -0.279. The monoisotopic (exact) mass is 386 g/mol. The average Bonchev–Trinajstić information content (AvgIpc) is 3.24. The molecule has 27 heavy (non-hydrogen) atoms. The highest BCUT2D eigenvalue weighted by Gasteiger charge is 2.18. The van der Waals surface area contributed by atoms with Gasteiger partial charge in [0.1, 0.15) is 10.6 Å². The minimum absolute atomic E-state index is 0.0370. The van der Waals surface area contributed by atoms with E-state index in [1.165, 1.54) is 36.3 Å². The summed E-state index contributed by atoms with van der Waals surface area (Å²) in [5.41, 5.74) is 1.64. The van der Waals surface area contributed by atoms with Crippen molar-refractivity contribution >= 4 is 27.5 Å². The molecule has 7 heteroatoms. The first-order chi connectivity index (χ1) is 13.1. The number of benzene rings is 1. The largest absolute Gasteiger partial charge is 0.351 e. The Morgan fingerprint density at radius 3 is 2.96 bits per heavy atom. The number of fused-ring (bicyclic) bond motifs is 1. The quantitative estimate of drug-likeness (QED) is 0.704. The number of nitrogens with zero attached hydrogens (tertiary/aromatic N) is 2. The maximum atomic E-state index is 13.2. The van der Waals surface area contributed by atoms with Crippen molar-refractivity contribution in [1.29, 1.82) is 0 Å². The fourth-order valence-electron chi connectivity index (χ4n) is 3.56. The molecule has 1 amide bonds. The fraction of sp³-hybridized carbons (Fsp3) is 0.400. The molecule has 1 atom stereocenters. The smallest absolute Gasteiger partial charge is 0.261 e. The summed E-state index contributed by atoms with van der Waals surface area (Å²) in [5.74, 6) is 0.332. The van der Waals surface area contributed by atoms with Crippen LogP contribution in [0.25, 0.3) is 15.9 Å². The van der Waals surface area contributed by atoms with Crippen molar-refractivity contribution in [2.45, 2.75) is 26.2 Å². The number of amides is 1. The molecule has 1 fully saturated rings. The predicted molar refractivity (Wildman–Crippen MR) is 106 cm³/mol. The van der Waals surface area contributed by atoms with E-state index in [-0.39, 0.29) is 11.7 Å². The number of aromatic nitrogens is 2. The molecule has 4 rings (SSSR count). The van der Waals surface area contributed by atoms with Crippen molar-refractivity contribution in [2.24, 2.45) is 5.92 Å². The molecule has 0 saturated carbocycles. The molecule has 2 N–H and O–H groups in total. The number of nitrogens with one attached hydrogen (secondary N) is 2. The molecular formula is C20H23FN4OS. The average molecular weight is 386 g/mol. The first-order valence-electron chi connectivity index (χ1n) is 9.36. The van der Waals surface area contributed by atoms with Gasteiger partial charge in [-0.1, -0.05) is 0 Å². The van der Waals surface area contributed by atoms with Crippen molar-refractivity contribution in [3.63, 3.8) is 0 Å². The lowest BCUT2D eigenvalue weighted by molar-refractivity contribution is 0.0955. The van der Waals surface area contributed by atoms with E-state index in [4.69, 9.17) is 0 Å². The van der Waals surface area contributed by atoms with E-state index < -0.39 is 0 Å². The normalized spacial score (nSPS) is 17.3. The summed E-state index contributed by atoms with van der Waals surface area (Å²) in [6.07, 6.45) is 3.46. The number of hydrogen-bond donors (Lipinski definition) is 2. The Balaban J connectivity index is 1.48. The van der Waals surface area contributed by atoms with Gasteiger partial charge in [0.2, 0.25) is 0 Å². The minimum Gasteiger partial charge on any atom is -0.351 e. The van der Waals surface area contributed by atoms with Gasteiger partial charge in [-0.15, -0.1) is 11.3 Å². The number of hydrogen-bond acceptors (Lipinski definition) is 4. The molecule has 3 heterocycles. The first kappa shape index (κ1) is 18.1. The second-order valence-electron chi connectivity index (χ2n) is 7.06. The molecule has 0 spiro atoms. The topological polar surface area (TPSA) is 59.0 Å². The van der Waals surface area contributed by atoms with Crippen LogP contribution in [0.2, 0.25) is 0 Å². The van der Waals surface area contributed by atoms with Crippen molar-refractivity contribution in [3.8, 4) is 5.69 Å². The highest BCUT2D eigenvalue weighted by molar-refractivity contribution is 7.20. The van der Waals surface area contributed by atoms with Crippen molar-refractivity contribution in [2.75, 3.05) is 19.6 Å². The SMILES string of the molecule is Cc1nn(-c2ccc(F)cc2)c2sc(C(=O)NCCC3CCCNC3)cc12. The van der Waals surface area contributed by atoms with E-state index in [2.05, 4.69) is 15.7 Å². The van der Waals surface area contributed by atoms with Gasteiger partial charge >= 0.3 is 0 Å². The third kappa shape index (κ3) is 3.89. The van der Waals surface area contributed by atoms with Crippen LogP contribution in [0.3, 0.4) is 0 Å². The zero-order valence-corrected chi connectivity index (χ0v) is 16.1. The third-order valence-corrected chi connectivity index (χ3v) is 6.19. The van der Waals surface area contributed by atoms with Gasteiger partial charge < -0.3 is 10.6 Å². The summed E-state index contributed by atoms with van der Waals surface area (Å²) in [6.45, 7) is 4.77. The maximum Gasteiger partial charge on any atom is 0.261 e. The number of carbonyl (C=O) groups excluding carboxylic acids is 1. The zero-order chi connectivity index (χ0) is 18.8. The van der Waals surface area contributed by atoms with Crippen LogP contribution in [0, 0.1) is 18.7 Å². The molecule has 142 valence electrons. The number of carbonyl (C=O) groups is 1. The number of halogens is 1. The van der Waals surface area contributed by atoms with Crippen LogP contribution in [0.5, 0.6) is 0 Å². The molecule has 1 aliphatic heterocycles. The Morgan fingerprint density at radius 2 is 2.22 bits per heavy atom. The number of rotatable bonds is 5. The molecule has 1 saturated heterocycles. The van der Waals surface area contributed by atoms with E-state index in [9.17, 15) is 9.18 Å². The zero-order valence-electron chi connectivity index (χ0n) is 15.3. The van der Waals surface area contributed by atoms with Crippen molar-refractivity contribution < 1.29 is 9.18 Å². The van der Waals surface area contributed by atoms with Crippen LogP contribution >= 0.6 is 11.3 Å². The summed E-state index contributed by atoms with van der Waals surface area (Å²) in [7, 11) is 0.